The number of pyridine rings is 1. The van der Waals surface area contributed by atoms with Gasteiger partial charge in [0, 0.05) is 24.1 Å². The first-order valence-corrected chi connectivity index (χ1v) is 7.33. The fraction of sp³-hybridized carbons (Fsp3) is 0.688. The van der Waals surface area contributed by atoms with Gasteiger partial charge in [0.15, 0.2) is 11.3 Å². The quantitative estimate of drug-likeness (QED) is 0.778. The van der Waals surface area contributed by atoms with Crippen molar-refractivity contribution in [1.82, 2.24) is 4.98 Å². The Labute approximate surface area is 114 Å². The van der Waals surface area contributed by atoms with Crippen LogP contribution in [0.5, 0.6) is 5.88 Å². The summed E-state index contributed by atoms with van der Waals surface area (Å²) in [6, 6.07) is 1.62. The number of fused-ring (bicyclic) bond motifs is 4. The van der Waals surface area contributed by atoms with E-state index in [9.17, 15) is 4.79 Å². The average molecular weight is 261 g/mol. The molecular weight excluding hydrogens is 238 g/mol. The summed E-state index contributed by atoms with van der Waals surface area (Å²) >= 11 is 0. The highest BCUT2D eigenvalue weighted by Gasteiger charge is 2.50. The largest absolute Gasteiger partial charge is 0.472 e. The van der Waals surface area contributed by atoms with Gasteiger partial charge in [-0.3, -0.25) is 4.79 Å². The first-order valence-electron chi connectivity index (χ1n) is 7.33. The topological polar surface area (TPSA) is 42.1 Å². The fourth-order valence-corrected chi connectivity index (χ4v) is 4.39. The Bertz CT molecular complexity index is 550. The van der Waals surface area contributed by atoms with Crippen LogP contribution in [0.4, 0.5) is 0 Å². The molecule has 1 aliphatic carbocycles. The van der Waals surface area contributed by atoms with Gasteiger partial charge in [0.25, 0.3) is 0 Å². The normalized spacial score (nSPS) is 41.1. The van der Waals surface area contributed by atoms with Gasteiger partial charge in [0.2, 0.25) is 0 Å². The molecule has 3 nitrogen and oxygen atoms in total. The molecule has 0 aromatic carbocycles. The van der Waals surface area contributed by atoms with E-state index in [1.54, 1.807) is 12.3 Å². The lowest BCUT2D eigenvalue weighted by molar-refractivity contribution is -0.0135. The van der Waals surface area contributed by atoms with Crippen molar-refractivity contribution in [2.24, 2.45) is 17.8 Å². The minimum Gasteiger partial charge on any atom is -0.472 e. The number of aromatic amines is 1. The van der Waals surface area contributed by atoms with Crippen molar-refractivity contribution in [3.8, 4) is 5.88 Å². The molecule has 0 spiro atoms. The lowest BCUT2D eigenvalue weighted by Gasteiger charge is -2.44. The number of ether oxygens (including phenoxy) is 1. The van der Waals surface area contributed by atoms with Crippen molar-refractivity contribution in [1.29, 1.82) is 0 Å². The predicted molar refractivity (Wildman–Crippen MR) is 75.6 cm³/mol. The molecule has 5 atom stereocenters. The first kappa shape index (κ1) is 12.8. The number of hydrogen-bond donors (Lipinski definition) is 1. The van der Waals surface area contributed by atoms with Crippen molar-refractivity contribution >= 4 is 0 Å². The van der Waals surface area contributed by atoms with E-state index in [2.05, 4.69) is 32.7 Å². The molecule has 2 heterocycles. The maximum absolute atomic E-state index is 12.3. The molecule has 1 aliphatic heterocycles. The highest BCUT2D eigenvalue weighted by Crippen LogP contribution is 2.52. The molecule has 1 fully saturated rings. The number of hydrogen-bond acceptors (Lipinski definition) is 2. The van der Waals surface area contributed by atoms with Crippen LogP contribution >= 0.6 is 0 Å². The minimum absolute atomic E-state index is 0.119. The van der Waals surface area contributed by atoms with Crippen LogP contribution in [-0.4, -0.2) is 10.6 Å². The zero-order chi connectivity index (χ0) is 13.8. The number of H-pyrrole nitrogens is 1. The van der Waals surface area contributed by atoms with Crippen LogP contribution in [-0.2, 0) is 0 Å². The Balaban J connectivity index is 2.21. The summed E-state index contributed by atoms with van der Waals surface area (Å²) in [5, 5.41) is 0. The number of aromatic nitrogens is 1. The van der Waals surface area contributed by atoms with Crippen molar-refractivity contribution in [2.45, 2.75) is 52.1 Å². The van der Waals surface area contributed by atoms with Crippen molar-refractivity contribution in [2.75, 3.05) is 0 Å². The van der Waals surface area contributed by atoms with Gasteiger partial charge in [-0.15, -0.1) is 0 Å². The SMILES string of the molecule is CC1CC(C)C2c3c([nH]ccc3=O)OC(C)(C1)C2C. The van der Waals surface area contributed by atoms with Crippen molar-refractivity contribution in [3.05, 3.63) is 28.0 Å². The van der Waals surface area contributed by atoms with Crippen molar-refractivity contribution < 1.29 is 4.74 Å². The maximum Gasteiger partial charge on any atom is 0.198 e. The summed E-state index contributed by atoms with van der Waals surface area (Å²) in [4.78, 5) is 15.4. The summed E-state index contributed by atoms with van der Waals surface area (Å²) in [5.41, 5.74) is 0.828. The Hall–Kier alpha value is -1.25. The van der Waals surface area contributed by atoms with E-state index in [-0.39, 0.29) is 11.0 Å². The Morgan fingerprint density at radius 3 is 2.84 bits per heavy atom. The van der Waals surface area contributed by atoms with E-state index in [0.717, 1.165) is 12.0 Å². The molecule has 104 valence electrons. The molecule has 0 radical (unpaired) electrons. The third kappa shape index (κ3) is 1.82. The summed E-state index contributed by atoms with van der Waals surface area (Å²) < 4.78 is 6.23. The zero-order valence-electron chi connectivity index (χ0n) is 12.2. The monoisotopic (exact) mass is 261 g/mol. The second-order valence-electron chi connectivity index (χ2n) is 6.84. The minimum atomic E-state index is -0.161. The standard InChI is InChI=1S/C16H23NO2/c1-9-7-10(2)13-11(3)16(4,8-9)19-15-14(13)12(18)5-6-17-15/h5-6,9-11,13H,7-8H2,1-4H3,(H,17,18). The summed E-state index contributed by atoms with van der Waals surface area (Å²) in [7, 11) is 0. The third-order valence-corrected chi connectivity index (χ3v) is 5.27. The fourth-order valence-electron chi connectivity index (χ4n) is 4.39. The Morgan fingerprint density at radius 2 is 2.11 bits per heavy atom. The lowest BCUT2D eigenvalue weighted by atomic mass is 9.71. The van der Waals surface area contributed by atoms with Gasteiger partial charge in [-0.1, -0.05) is 20.8 Å². The van der Waals surface area contributed by atoms with Crippen molar-refractivity contribution in [3.63, 3.8) is 0 Å². The highest BCUT2D eigenvalue weighted by atomic mass is 16.5. The maximum atomic E-state index is 12.3. The van der Waals surface area contributed by atoms with E-state index < -0.39 is 0 Å². The molecule has 1 N–H and O–H groups in total. The van der Waals surface area contributed by atoms with E-state index in [4.69, 9.17) is 4.74 Å². The van der Waals surface area contributed by atoms with E-state index in [1.807, 2.05) is 0 Å². The van der Waals surface area contributed by atoms with Gasteiger partial charge in [-0.2, -0.15) is 0 Å². The van der Waals surface area contributed by atoms with Crippen LogP contribution in [0.15, 0.2) is 17.1 Å². The molecule has 0 saturated heterocycles. The molecule has 19 heavy (non-hydrogen) atoms. The Morgan fingerprint density at radius 1 is 1.37 bits per heavy atom. The van der Waals surface area contributed by atoms with Crippen LogP contribution in [0.3, 0.4) is 0 Å². The van der Waals surface area contributed by atoms with Crippen LogP contribution in [0.1, 0.15) is 52.0 Å². The molecule has 1 aromatic rings. The smallest absolute Gasteiger partial charge is 0.198 e. The average Bonchev–Trinajstić information content (AvgIpc) is 2.36. The van der Waals surface area contributed by atoms with Gasteiger partial charge in [-0.25, -0.2) is 0 Å². The number of rotatable bonds is 0. The molecule has 3 heteroatoms. The van der Waals surface area contributed by atoms with Crippen LogP contribution in [0.25, 0.3) is 0 Å². The van der Waals surface area contributed by atoms with Gasteiger partial charge < -0.3 is 9.72 Å². The van der Waals surface area contributed by atoms with Gasteiger partial charge in [0.1, 0.15) is 5.60 Å². The van der Waals surface area contributed by atoms with Gasteiger partial charge in [0.05, 0.1) is 5.56 Å². The van der Waals surface area contributed by atoms with E-state index in [0.29, 0.717) is 29.6 Å². The van der Waals surface area contributed by atoms with Gasteiger partial charge >= 0.3 is 0 Å². The molecule has 1 aromatic heterocycles. The number of nitrogens with one attached hydrogen (secondary N) is 1. The van der Waals surface area contributed by atoms with E-state index >= 15 is 0 Å². The summed E-state index contributed by atoms with van der Waals surface area (Å²) in [6.45, 7) is 9.03. The molecule has 3 rings (SSSR count). The third-order valence-electron chi connectivity index (χ3n) is 5.27. The zero-order valence-corrected chi connectivity index (χ0v) is 12.2. The molecule has 0 amide bonds. The second-order valence-corrected chi connectivity index (χ2v) is 6.84. The first-order chi connectivity index (χ1) is 8.92. The van der Waals surface area contributed by atoms with Crippen LogP contribution < -0.4 is 10.2 Å². The lowest BCUT2D eigenvalue weighted by Crippen LogP contribution is -2.47. The van der Waals surface area contributed by atoms with Gasteiger partial charge in [-0.05, 0) is 31.6 Å². The highest BCUT2D eigenvalue weighted by molar-refractivity contribution is 5.35. The molecule has 2 bridgehead atoms. The predicted octanol–water partition coefficient (Wildman–Crippen LogP) is 3.31. The molecular formula is C16H23NO2. The molecule has 5 unspecified atom stereocenters. The summed E-state index contributed by atoms with van der Waals surface area (Å²) in [5.74, 6) is 2.56. The summed E-state index contributed by atoms with van der Waals surface area (Å²) in [6.07, 6.45) is 3.92. The Kier molecular flexibility index (Phi) is 2.77. The van der Waals surface area contributed by atoms with E-state index in [1.165, 1.54) is 6.42 Å². The second kappa shape index (κ2) is 4.12. The van der Waals surface area contributed by atoms with Crippen LogP contribution in [0, 0.1) is 17.8 Å². The molecule has 1 saturated carbocycles. The van der Waals surface area contributed by atoms with Crippen LogP contribution in [0.2, 0.25) is 0 Å². The molecule has 2 aliphatic rings.